The zero-order valence-electron chi connectivity index (χ0n) is 14.8. The van der Waals surface area contributed by atoms with Crippen molar-refractivity contribution in [3.05, 3.63) is 42.7 Å². The first kappa shape index (κ1) is 17.6. The molecule has 0 aliphatic carbocycles. The van der Waals surface area contributed by atoms with Gasteiger partial charge in [-0.3, -0.25) is 9.59 Å². The van der Waals surface area contributed by atoms with Gasteiger partial charge in [0, 0.05) is 34.9 Å². The number of rotatable bonds is 5. The van der Waals surface area contributed by atoms with Crippen LogP contribution in [0.5, 0.6) is 0 Å². The third kappa shape index (κ3) is 3.27. The summed E-state index contributed by atoms with van der Waals surface area (Å²) in [5.74, 6) is -0.974. The van der Waals surface area contributed by atoms with E-state index in [4.69, 9.17) is 0 Å². The molecule has 10 heteroatoms. The molecule has 0 aromatic carbocycles. The van der Waals surface area contributed by atoms with Crippen molar-refractivity contribution in [1.82, 2.24) is 29.8 Å². The van der Waals surface area contributed by atoms with Crippen molar-refractivity contribution in [3.63, 3.8) is 0 Å². The van der Waals surface area contributed by atoms with Gasteiger partial charge in [0.25, 0.3) is 0 Å². The number of carbonyl (C=O) groups is 2. The van der Waals surface area contributed by atoms with Gasteiger partial charge in [0.2, 0.25) is 5.91 Å². The Morgan fingerprint density at radius 3 is 3.00 bits per heavy atom. The standard InChI is InChI=1S/C18H15FN6O3/c1-28-15(27)8-20-14(26)9-25-3-2-10-5-21-17(24-18(10)25)13-7-23-16-12(13)4-11(19)6-22-16/h2-7H,8-9H2,1H3,(H,20,26)(H,22,23). The van der Waals surface area contributed by atoms with Crippen LogP contribution in [-0.2, 0) is 20.9 Å². The molecule has 0 radical (unpaired) electrons. The number of ether oxygens (including phenoxy) is 1. The minimum atomic E-state index is -0.532. The second-order valence-electron chi connectivity index (χ2n) is 6.02. The summed E-state index contributed by atoms with van der Waals surface area (Å²) in [5, 5.41) is 3.78. The normalized spacial score (nSPS) is 11.1. The fourth-order valence-corrected chi connectivity index (χ4v) is 2.84. The van der Waals surface area contributed by atoms with Crippen LogP contribution in [-0.4, -0.2) is 50.0 Å². The van der Waals surface area contributed by atoms with Crippen LogP contribution in [0.15, 0.2) is 36.9 Å². The number of hydrogen-bond donors (Lipinski definition) is 2. The lowest BCUT2D eigenvalue weighted by molar-refractivity contribution is -0.141. The Kier molecular flexibility index (Phi) is 4.44. The third-order valence-corrected chi connectivity index (χ3v) is 4.21. The second-order valence-corrected chi connectivity index (χ2v) is 6.02. The number of H-pyrrole nitrogens is 1. The molecule has 1 amide bonds. The van der Waals surface area contributed by atoms with E-state index in [-0.39, 0.29) is 19.0 Å². The van der Waals surface area contributed by atoms with Crippen molar-refractivity contribution in [1.29, 1.82) is 0 Å². The molecule has 142 valence electrons. The number of methoxy groups -OCH3 is 1. The molecule has 2 N–H and O–H groups in total. The Morgan fingerprint density at radius 1 is 1.32 bits per heavy atom. The number of nitrogens with zero attached hydrogens (tertiary/aromatic N) is 4. The number of halogens is 1. The van der Waals surface area contributed by atoms with Gasteiger partial charge in [-0.1, -0.05) is 0 Å². The predicted octanol–water partition coefficient (Wildman–Crippen LogP) is 1.40. The van der Waals surface area contributed by atoms with Gasteiger partial charge in [0.1, 0.15) is 30.2 Å². The number of nitrogens with one attached hydrogen (secondary N) is 2. The number of amides is 1. The number of pyridine rings is 1. The molecule has 0 spiro atoms. The van der Waals surface area contributed by atoms with Crippen LogP contribution >= 0.6 is 0 Å². The topological polar surface area (TPSA) is 115 Å². The zero-order valence-corrected chi connectivity index (χ0v) is 14.8. The van der Waals surface area contributed by atoms with E-state index in [1.807, 2.05) is 0 Å². The molecule has 0 saturated carbocycles. The smallest absolute Gasteiger partial charge is 0.325 e. The molecule has 9 nitrogen and oxygen atoms in total. The lowest BCUT2D eigenvalue weighted by Crippen LogP contribution is -2.32. The van der Waals surface area contributed by atoms with Crippen molar-refractivity contribution in [2.24, 2.45) is 0 Å². The van der Waals surface area contributed by atoms with Crippen molar-refractivity contribution < 1.29 is 18.7 Å². The third-order valence-electron chi connectivity index (χ3n) is 4.21. The van der Waals surface area contributed by atoms with Crippen LogP contribution < -0.4 is 5.32 Å². The molecule has 0 fully saturated rings. The summed E-state index contributed by atoms with van der Waals surface area (Å²) in [6.45, 7) is -0.232. The molecule has 0 bridgehead atoms. The van der Waals surface area contributed by atoms with E-state index in [9.17, 15) is 14.0 Å². The number of fused-ring (bicyclic) bond motifs is 2. The van der Waals surface area contributed by atoms with Crippen LogP contribution in [0, 0.1) is 5.82 Å². The van der Waals surface area contributed by atoms with Gasteiger partial charge >= 0.3 is 5.97 Å². The molecule has 4 aromatic heterocycles. The summed E-state index contributed by atoms with van der Waals surface area (Å²) in [7, 11) is 1.25. The van der Waals surface area contributed by atoms with E-state index in [1.165, 1.54) is 13.2 Å². The molecule has 0 unspecified atom stereocenters. The molecule has 4 rings (SSSR count). The first-order chi connectivity index (χ1) is 13.5. The quantitative estimate of drug-likeness (QED) is 0.504. The molecule has 0 aliphatic heterocycles. The first-order valence-corrected chi connectivity index (χ1v) is 8.33. The highest BCUT2D eigenvalue weighted by Gasteiger charge is 2.14. The summed E-state index contributed by atoms with van der Waals surface area (Å²) in [6, 6.07) is 3.14. The second kappa shape index (κ2) is 7.06. The molecular formula is C18H15FN6O3. The minimum Gasteiger partial charge on any atom is -0.468 e. The van der Waals surface area contributed by atoms with Gasteiger partial charge in [-0.2, -0.15) is 0 Å². The Hall–Kier alpha value is -3.82. The maximum atomic E-state index is 13.6. The zero-order chi connectivity index (χ0) is 19.7. The lowest BCUT2D eigenvalue weighted by Gasteiger charge is -2.07. The van der Waals surface area contributed by atoms with E-state index in [0.29, 0.717) is 28.1 Å². The molecule has 4 aromatic rings. The van der Waals surface area contributed by atoms with Crippen molar-refractivity contribution in [2.75, 3.05) is 13.7 Å². The number of aromatic nitrogens is 5. The van der Waals surface area contributed by atoms with Gasteiger partial charge in [0.05, 0.1) is 13.3 Å². The summed E-state index contributed by atoms with van der Waals surface area (Å²) >= 11 is 0. The van der Waals surface area contributed by atoms with E-state index in [0.717, 1.165) is 11.6 Å². The van der Waals surface area contributed by atoms with Gasteiger partial charge in [0.15, 0.2) is 5.82 Å². The van der Waals surface area contributed by atoms with Gasteiger partial charge in [-0.15, -0.1) is 0 Å². The first-order valence-electron chi connectivity index (χ1n) is 8.33. The molecule has 28 heavy (non-hydrogen) atoms. The lowest BCUT2D eigenvalue weighted by atomic mass is 10.2. The van der Waals surface area contributed by atoms with Crippen LogP contribution in [0.1, 0.15) is 0 Å². The Labute approximate surface area is 157 Å². The van der Waals surface area contributed by atoms with Crippen molar-refractivity contribution in [2.45, 2.75) is 6.54 Å². The van der Waals surface area contributed by atoms with Gasteiger partial charge in [-0.25, -0.2) is 19.3 Å². The van der Waals surface area contributed by atoms with Crippen LogP contribution in [0.25, 0.3) is 33.5 Å². The molecular weight excluding hydrogens is 367 g/mol. The van der Waals surface area contributed by atoms with Crippen LogP contribution in [0.2, 0.25) is 0 Å². The van der Waals surface area contributed by atoms with Crippen molar-refractivity contribution >= 4 is 33.9 Å². The van der Waals surface area contributed by atoms with E-state index in [2.05, 4.69) is 30.0 Å². The summed E-state index contributed by atoms with van der Waals surface area (Å²) < 4.78 is 19.7. The maximum absolute atomic E-state index is 13.6. The fraction of sp³-hybridized carbons (Fsp3) is 0.167. The Bertz CT molecular complexity index is 1200. The van der Waals surface area contributed by atoms with E-state index < -0.39 is 11.8 Å². The fourth-order valence-electron chi connectivity index (χ4n) is 2.84. The maximum Gasteiger partial charge on any atom is 0.325 e. The highest BCUT2D eigenvalue weighted by Crippen LogP contribution is 2.26. The van der Waals surface area contributed by atoms with Gasteiger partial charge < -0.3 is 19.6 Å². The highest BCUT2D eigenvalue weighted by atomic mass is 19.1. The van der Waals surface area contributed by atoms with Crippen molar-refractivity contribution in [3.8, 4) is 11.4 Å². The molecule has 4 heterocycles. The summed E-state index contributed by atoms with van der Waals surface area (Å²) in [4.78, 5) is 39.0. The summed E-state index contributed by atoms with van der Waals surface area (Å²) in [5.41, 5.74) is 1.67. The molecule has 0 saturated heterocycles. The highest BCUT2D eigenvalue weighted by molar-refractivity contribution is 5.92. The van der Waals surface area contributed by atoms with Crippen LogP contribution in [0.4, 0.5) is 4.39 Å². The van der Waals surface area contributed by atoms with E-state index in [1.54, 1.807) is 29.2 Å². The van der Waals surface area contributed by atoms with Gasteiger partial charge in [-0.05, 0) is 12.1 Å². The summed E-state index contributed by atoms with van der Waals surface area (Å²) in [6.07, 6.45) is 6.13. The number of hydrogen-bond acceptors (Lipinski definition) is 6. The number of aromatic amines is 1. The monoisotopic (exact) mass is 382 g/mol. The number of esters is 1. The molecule has 0 atom stereocenters. The Morgan fingerprint density at radius 2 is 2.18 bits per heavy atom. The predicted molar refractivity (Wildman–Crippen MR) is 97.6 cm³/mol. The number of carbonyl (C=O) groups excluding carboxylic acids is 2. The molecule has 0 aliphatic rings. The SMILES string of the molecule is COC(=O)CNC(=O)Cn1ccc2cnc(-c3c[nH]c4ncc(F)cc34)nc21. The average Bonchev–Trinajstić information content (AvgIpc) is 3.29. The van der Waals surface area contributed by atoms with Crippen LogP contribution in [0.3, 0.4) is 0 Å². The Balaban J connectivity index is 1.65. The largest absolute Gasteiger partial charge is 0.468 e. The van der Waals surface area contributed by atoms with E-state index >= 15 is 0 Å². The minimum absolute atomic E-state index is 0.0268. The average molecular weight is 382 g/mol.